The molecular formula is C17H22ClNO. The molecule has 1 atom stereocenters. The maximum absolute atomic E-state index is 10.1. The monoisotopic (exact) mass is 291 g/mol. The summed E-state index contributed by atoms with van der Waals surface area (Å²) in [4.78, 5) is 2.09. The Labute approximate surface area is 127 Å². The van der Waals surface area contributed by atoms with Gasteiger partial charge in [0.25, 0.3) is 0 Å². The van der Waals surface area contributed by atoms with Crippen molar-refractivity contribution in [3.05, 3.63) is 65.7 Å². The molecule has 0 aliphatic rings. The first-order valence-corrected chi connectivity index (χ1v) is 6.66. The largest absolute Gasteiger partial charge is 0.388 e. The number of benzene rings is 2. The van der Waals surface area contributed by atoms with Gasteiger partial charge in [-0.15, -0.1) is 12.4 Å². The van der Waals surface area contributed by atoms with E-state index in [0.29, 0.717) is 0 Å². The molecule has 0 spiro atoms. The lowest BCUT2D eigenvalue weighted by atomic mass is 10.0. The van der Waals surface area contributed by atoms with Crippen LogP contribution in [0, 0.1) is 0 Å². The van der Waals surface area contributed by atoms with E-state index in [2.05, 4.69) is 29.2 Å². The van der Waals surface area contributed by atoms with Gasteiger partial charge in [-0.2, -0.15) is 0 Å². The number of halogens is 1. The summed E-state index contributed by atoms with van der Waals surface area (Å²) in [5.74, 6) is 0. The van der Waals surface area contributed by atoms with E-state index in [4.69, 9.17) is 0 Å². The van der Waals surface area contributed by atoms with Crippen LogP contribution in [0.25, 0.3) is 0 Å². The number of anilines is 1. The maximum Gasteiger partial charge on any atom is 0.0793 e. The van der Waals surface area contributed by atoms with Crippen molar-refractivity contribution < 1.29 is 5.11 Å². The van der Waals surface area contributed by atoms with Crippen molar-refractivity contribution in [2.45, 2.75) is 18.9 Å². The maximum atomic E-state index is 10.1. The third-order valence-electron chi connectivity index (χ3n) is 3.34. The predicted molar refractivity (Wildman–Crippen MR) is 87.7 cm³/mol. The van der Waals surface area contributed by atoms with Crippen molar-refractivity contribution in [1.29, 1.82) is 0 Å². The Kier molecular flexibility index (Phi) is 6.56. The summed E-state index contributed by atoms with van der Waals surface area (Å²) >= 11 is 0. The average Bonchev–Trinajstić information content (AvgIpc) is 2.46. The molecule has 2 nitrogen and oxygen atoms in total. The Morgan fingerprint density at radius 1 is 0.950 bits per heavy atom. The number of aliphatic hydroxyl groups excluding tert-OH is 1. The Hall–Kier alpha value is -1.51. The molecule has 0 aromatic heterocycles. The molecule has 0 fully saturated rings. The quantitative estimate of drug-likeness (QED) is 0.905. The minimum absolute atomic E-state index is 0. The predicted octanol–water partition coefficient (Wildman–Crippen LogP) is 3.84. The van der Waals surface area contributed by atoms with Crippen LogP contribution in [-0.2, 0) is 6.42 Å². The van der Waals surface area contributed by atoms with Crippen molar-refractivity contribution in [3.8, 4) is 0 Å². The van der Waals surface area contributed by atoms with Gasteiger partial charge in [0, 0.05) is 19.8 Å². The molecule has 3 heteroatoms. The molecule has 20 heavy (non-hydrogen) atoms. The highest BCUT2D eigenvalue weighted by Crippen LogP contribution is 2.20. The molecule has 0 aliphatic carbocycles. The highest BCUT2D eigenvalue weighted by atomic mass is 35.5. The lowest BCUT2D eigenvalue weighted by Gasteiger charge is -2.14. The molecule has 108 valence electrons. The van der Waals surface area contributed by atoms with E-state index in [1.807, 2.05) is 44.4 Å². The highest BCUT2D eigenvalue weighted by molar-refractivity contribution is 5.85. The molecule has 0 amide bonds. The third-order valence-corrected chi connectivity index (χ3v) is 3.34. The third kappa shape index (κ3) is 4.55. The van der Waals surface area contributed by atoms with Gasteiger partial charge >= 0.3 is 0 Å². The fourth-order valence-electron chi connectivity index (χ4n) is 2.11. The van der Waals surface area contributed by atoms with Crippen LogP contribution in [0.2, 0.25) is 0 Å². The Bertz CT molecular complexity index is 496. The molecule has 2 rings (SSSR count). The van der Waals surface area contributed by atoms with Crippen molar-refractivity contribution in [1.82, 2.24) is 0 Å². The second kappa shape index (κ2) is 7.93. The van der Waals surface area contributed by atoms with Crippen LogP contribution >= 0.6 is 12.4 Å². The number of hydrogen-bond donors (Lipinski definition) is 1. The summed E-state index contributed by atoms with van der Waals surface area (Å²) in [6.07, 6.45) is 1.27. The molecule has 0 heterocycles. The van der Waals surface area contributed by atoms with Gasteiger partial charge in [0.2, 0.25) is 0 Å². The van der Waals surface area contributed by atoms with Gasteiger partial charge in [0.05, 0.1) is 6.10 Å². The molecule has 0 radical (unpaired) electrons. The smallest absolute Gasteiger partial charge is 0.0793 e. The van der Waals surface area contributed by atoms with Crippen molar-refractivity contribution >= 4 is 18.1 Å². The first-order chi connectivity index (χ1) is 9.16. The van der Waals surface area contributed by atoms with Crippen molar-refractivity contribution in [3.63, 3.8) is 0 Å². The highest BCUT2D eigenvalue weighted by Gasteiger charge is 2.07. The van der Waals surface area contributed by atoms with Gasteiger partial charge in [0.1, 0.15) is 0 Å². The van der Waals surface area contributed by atoms with Crippen LogP contribution in [0.5, 0.6) is 0 Å². The minimum Gasteiger partial charge on any atom is -0.388 e. The Morgan fingerprint density at radius 3 is 2.10 bits per heavy atom. The summed E-state index contributed by atoms with van der Waals surface area (Å²) in [5, 5.41) is 10.1. The van der Waals surface area contributed by atoms with E-state index < -0.39 is 0 Å². The lowest BCUT2D eigenvalue weighted by molar-refractivity contribution is 0.168. The summed E-state index contributed by atoms with van der Waals surface area (Å²) in [7, 11) is 4.07. The molecule has 0 bridgehead atoms. The fraction of sp³-hybridized carbons (Fsp3) is 0.294. The van der Waals surface area contributed by atoms with Crippen LogP contribution in [-0.4, -0.2) is 19.2 Å². The summed E-state index contributed by atoms with van der Waals surface area (Å²) < 4.78 is 0. The Morgan fingerprint density at radius 2 is 1.55 bits per heavy atom. The van der Waals surface area contributed by atoms with Gasteiger partial charge in [-0.05, 0) is 36.1 Å². The van der Waals surface area contributed by atoms with Gasteiger partial charge in [0.15, 0.2) is 0 Å². The average molecular weight is 292 g/mol. The second-order valence-corrected chi connectivity index (χ2v) is 5.03. The van der Waals surface area contributed by atoms with Gasteiger partial charge in [-0.25, -0.2) is 0 Å². The van der Waals surface area contributed by atoms with Crippen LogP contribution in [0.15, 0.2) is 54.6 Å². The fourth-order valence-corrected chi connectivity index (χ4v) is 2.11. The van der Waals surface area contributed by atoms with Crippen LogP contribution in [0.3, 0.4) is 0 Å². The van der Waals surface area contributed by atoms with Crippen molar-refractivity contribution in [2.75, 3.05) is 19.0 Å². The summed E-state index contributed by atoms with van der Waals surface area (Å²) in [5.41, 5.74) is 3.46. The molecule has 2 aromatic rings. The van der Waals surface area contributed by atoms with Crippen LogP contribution in [0.1, 0.15) is 23.7 Å². The number of aryl methyl sites for hydroxylation is 1. The SMILES string of the molecule is CN(C)c1ccc(CCC(O)c2ccccc2)cc1.Cl. The van der Waals surface area contributed by atoms with Gasteiger partial charge < -0.3 is 10.0 Å². The molecule has 0 saturated heterocycles. The molecule has 1 N–H and O–H groups in total. The van der Waals surface area contributed by atoms with Crippen LogP contribution < -0.4 is 4.90 Å². The van der Waals surface area contributed by atoms with E-state index in [1.165, 1.54) is 11.3 Å². The first kappa shape index (κ1) is 16.5. The van der Waals surface area contributed by atoms with E-state index in [1.54, 1.807) is 0 Å². The van der Waals surface area contributed by atoms with Gasteiger partial charge in [-0.3, -0.25) is 0 Å². The molecular weight excluding hydrogens is 270 g/mol. The van der Waals surface area contributed by atoms with Crippen molar-refractivity contribution in [2.24, 2.45) is 0 Å². The molecule has 2 aromatic carbocycles. The summed E-state index contributed by atoms with van der Waals surface area (Å²) in [6.45, 7) is 0. The van der Waals surface area contributed by atoms with Gasteiger partial charge in [-0.1, -0.05) is 42.5 Å². The lowest BCUT2D eigenvalue weighted by Crippen LogP contribution is -2.08. The Balaban J connectivity index is 0.00000200. The number of rotatable bonds is 5. The van der Waals surface area contributed by atoms with E-state index in [0.717, 1.165) is 18.4 Å². The molecule has 0 saturated carbocycles. The number of hydrogen-bond acceptors (Lipinski definition) is 2. The zero-order chi connectivity index (χ0) is 13.7. The van der Waals surface area contributed by atoms with E-state index in [-0.39, 0.29) is 18.5 Å². The normalized spacial score (nSPS) is 11.6. The zero-order valence-electron chi connectivity index (χ0n) is 12.0. The van der Waals surface area contributed by atoms with Crippen LogP contribution in [0.4, 0.5) is 5.69 Å². The zero-order valence-corrected chi connectivity index (χ0v) is 12.8. The second-order valence-electron chi connectivity index (χ2n) is 5.03. The standard InChI is InChI=1S/C17H21NO.ClH/c1-18(2)16-11-8-14(9-12-16)10-13-17(19)15-6-4-3-5-7-15;/h3-9,11-12,17,19H,10,13H2,1-2H3;1H. The first-order valence-electron chi connectivity index (χ1n) is 6.66. The molecule has 0 aliphatic heterocycles. The van der Waals surface area contributed by atoms with E-state index >= 15 is 0 Å². The number of aliphatic hydroxyl groups is 1. The summed E-state index contributed by atoms with van der Waals surface area (Å²) in [6, 6.07) is 18.3. The number of nitrogens with zero attached hydrogens (tertiary/aromatic N) is 1. The van der Waals surface area contributed by atoms with E-state index in [9.17, 15) is 5.11 Å². The molecule has 1 unspecified atom stereocenters. The topological polar surface area (TPSA) is 23.5 Å². The minimum atomic E-state index is -0.380.